The SMILES string of the molecule is Cc1ccc([C@H](C)NC(=O)COC(=O)c2cccc(C#N)c2)cc1C. The number of ether oxygens (including phenoxy) is 1. The third-order valence-electron chi connectivity index (χ3n) is 3.97. The van der Waals surface area contributed by atoms with Gasteiger partial charge in [-0.2, -0.15) is 5.26 Å². The fraction of sp³-hybridized carbons (Fsp3) is 0.250. The van der Waals surface area contributed by atoms with Gasteiger partial charge in [-0.3, -0.25) is 4.79 Å². The maximum Gasteiger partial charge on any atom is 0.338 e. The van der Waals surface area contributed by atoms with Gasteiger partial charge in [-0.1, -0.05) is 24.3 Å². The van der Waals surface area contributed by atoms with Gasteiger partial charge in [0.2, 0.25) is 0 Å². The Morgan fingerprint density at radius 2 is 1.92 bits per heavy atom. The van der Waals surface area contributed by atoms with Crippen molar-refractivity contribution in [1.82, 2.24) is 5.32 Å². The minimum Gasteiger partial charge on any atom is -0.452 e. The molecule has 0 unspecified atom stereocenters. The van der Waals surface area contributed by atoms with E-state index in [0.29, 0.717) is 5.56 Å². The second-order valence-electron chi connectivity index (χ2n) is 5.90. The molecule has 0 saturated heterocycles. The molecule has 0 heterocycles. The van der Waals surface area contributed by atoms with E-state index in [0.717, 1.165) is 11.1 Å². The third kappa shape index (κ3) is 4.92. The number of hydrogen-bond donors (Lipinski definition) is 1. The van der Waals surface area contributed by atoms with Crippen molar-refractivity contribution in [2.24, 2.45) is 0 Å². The third-order valence-corrected chi connectivity index (χ3v) is 3.97. The molecule has 2 aromatic carbocycles. The minimum absolute atomic E-state index is 0.188. The normalized spacial score (nSPS) is 11.3. The molecular formula is C20H20N2O3. The summed E-state index contributed by atoms with van der Waals surface area (Å²) in [7, 11) is 0. The number of esters is 1. The molecule has 5 nitrogen and oxygen atoms in total. The van der Waals surface area contributed by atoms with Crippen molar-refractivity contribution in [3.63, 3.8) is 0 Å². The van der Waals surface area contributed by atoms with Crippen LogP contribution in [0, 0.1) is 25.2 Å². The molecule has 0 aromatic heterocycles. The van der Waals surface area contributed by atoms with Crippen LogP contribution >= 0.6 is 0 Å². The lowest BCUT2D eigenvalue weighted by Crippen LogP contribution is -2.31. The van der Waals surface area contributed by atoms with E-state index in [2.05, 4.69) is 5.32 Å². The van der Waals surface area contributed by atoms with Gasteiger partial charge in [-0.25, -0.2) is 4.79 Å². The number of hydrogen-bond acceptors (Lipinski definition) is 4. The number of amides is 1. The van der Waals surface area contributed by atoms with Gasteiger partial charge < -0.3 is 10.1 Å². The lowest BCUT2D eigenvalue weighted by Gasteiger charge is -2.15. The van der Waals surface area contributed by atoms with Crippen molar-refractivity contribution in [1.29, 1.82) is 5.26 Å². The molecule has 2 rings (SSSR count). The summed E-state index contributed by atoms with van der Waals surface area (Å²) in [6.45, 7) is 5.55. The summed E-state index contributed by atoms with van der Waals surface area (Å²) in [5.41, 5.74) is 3.94. The van der Waals surface area contributed by atoms with E-state index in [1.807, 2.05) is 45.0 Å². The van der Waals surface area contributed by atoms with Crippen molar-refractivity contribution in [2.45, 2.75) is 26.8 Å². The fourth-order valence-electron chi connectivity index (χ4n) is 2.33. The standard InChI is InChI=1S/C20H20N2O3/c1-13-7-8-17(9-14(13)2)15(3)22-19(23)12-25-20(24)18-6-4-5-16(10-18)11-21/h4-10,15H,12H2,1-3H3,(H,22,23)/t15-/m0/s1. The zero-order valence-electron chi connectivity index (χ0n) is 14.5. The first-order valence-corrected chi connectivity index (χ1v) is 7.94. The number of aryl methyl sites for hydroxylation is 2. The van der Waals surface area contributed by atoms with E-state index in [1.165, 1.54) is 11.6 Å². The van der Waals surface area contributed by atoms with E-state index in [-0.39, 0.29) is 24.1 Å². The zero-order valence-corrected chi connectivity index (χ0v) is 14.5. The van der Waals surface area contributed by atoms with Gasteiger partial charge in [-0.15, -0.1) is 0 Å². The van der Waals surface area contributed by atoms with Gasteiger partial charge >= 0.3 is 5.97 Å². The van der Waals surface area contributed by atoms with Gasteiger partial charge in [0.05, 0.1) is 23.2 Å². The van der Waals surface area contributed by atoms with Gasteiger partial charge in [0, 0.05) is 0 Å². The van der Waals surface area contributed by atoms with Crippen molar-refractivity contribution < 1.29 is 14.3 Å². The Bertz CT molecular complexity index is 837. The Morgan fingerprint density at radius 3 is 2.60 bits per heavy atom. The summed E-state index contributed by atoms with van der Waals surface area (Å²) in [5.74, 6) is -1.01. The van der Waals surface area contributed by atoms with Crippen molar-refractivity contribution >= 4 is 11.9 Å². The second-order valence-corrected chi connectivity index (χ2v) is 5.90. The van der Waals surface area contributed by atoms with Crippen LogP contribution in [0.1, 0.15) is 45.6 Å². The number of carbonyl (C=O) groups excluding carboxylic acids is 2. The van der Waals surface area contributed by atoms with Gasteiger partial charge in [0.1, 0.15) is 0 Å². The Balaban J connectivity index is 1.90. The molecular weight excluding hydrogens is 316 g/mol. The van der Waals surface area contributed by atoms with Crippen LogP contribution in [0.3, 0.4) is 0 Å². The molecule has 0 saturated carbocycles. The average Bonchev–Trinajstić information content (AvgIpc) is 2.61. The summed E-state index contributed by atoms with van der Waals surface area (Å²) in [5, 5.41) is 11.6. The highest BCUT2D eigenvalue weighted by Gasteiger charge is 2.14. The summed E-state index contributed by atoms with van der Waals surface area (Å²) in [6.07, 6.45) is 0. The predicted molar refractivity (Wildman–Crippen MR) is 93.9 cm³/mol. The monoisotopic (exact) mass is 336 g/mol. The second kappa shape index (κ2) is 8.11. The largest absolute Gasteiger partial charge is 0.452 e. The van der Waals surface area contributed by atoms with Crippen molar-refractivity contribution in [2.75, 3.05) is 6.61 Å². The number of nitriles is 1. The van der Waals surface area contributed by atoms with Gasteiger partial charge in [-0.05, 0) is 55.7 Å². The van der Waals surface area contributed by atoms with Crippen LogP contribution < -0.4 is 5.32 Å². The number of nitrogens with zero attached hydrogens (tertiary/aromatic N) is 1. The molecule has 5 heteroatoms. The number of carbonyl (C=O) groups is 2. The van der Waals surface area contributed by atoms with E-state index in [9.17, 15) is 9.59 Å². The quantitative estimate of drug-likeness (QED) is 0.850. The zero-order chi connectivity index (χ0) is 18.4. The molecule has 25 heavy (non-hydrogen) atoms. The lowest BCUT2D eigenvalue weighted by atomic mass is 10.0. The molecule has 0 bridgehead atoms. The molecule has 1 amide bonds. The van der Waals surface area contributed by atoms with Crippen LogP contribution in [0.25, 0.3) is 0 Å². The van der Waals surface area contributed by atoms with E-state index in [4.69, 9.17) is 10.00 Å². The first-order valence-electron chi connectivity index (χ1n) is 7.94. The summed E-state index contributed by atoms with van der Waals surface area (Å²) in [6, 6.07) is 13.9. The molecule has 0 aliphatic carbocycles. The Kier molecular flexibility index (Phi) is 5.91. The number of benzene rings is 2. The first-order chi connectivity index (χ1) is 11.9. The predicted octanol–water partition coefficient (Wildman–Crippen LogP) is 3.21. The Morgan fingerprint density at radius 1 is 1.16 bits per heavy atom. The molecule has 0 spiro atoms. The van der Waals surface area contributed by atoms with Crippen molar-refractivity contribution in [3.8, 4) is 6.07 Å². The highest BCUT2D eigenvalue weighted by Crippen LogP contribution is 2.16. The van der Waals surface area contributed by atoms with Crippen LogP contribution in [-0.4, -0.2) is 18.5 Å². The maximum absolute atomic E-state index is 12.0. The topological polar surface area (TPSA) is 79.2 Å². The molecule has 0 fully saturated rings. The highest BCUT2D eigenvalue weighted by molar-refractivity contribution is 5.91. The first kappa shape index (κ1) is 18.2. The van der Waals surface area contributed by atoms with E-state index >= 15 is 0 Å². The summed E-state index contributed by atoms with van der Waals surface area (Å²) < 4.78 is 5.01. The molecule has 128 valence electrons. The number of nitrogens with one attached hydrogen (secondary N) is 1. The summed E-state index contributed by atoms with van der Waals surface area (Å²) in [4.78, 5) is 23.9. The highest BCUT2D eigenvalue weighted by atomic mass is 16.5. The lowest BCUT2D eigenvalue weighted by molar-refractivity contribution is -0.124. The summed E-state index contributed by atoms with van der Waals surface area (Å²) >= 11 is 0. The molecule has 0 radical (unpaired) electrons. The van der Waals surface area contributed by atoms with E-state index in [1.54, 1.807) is 18.2 Å². The number of rotatable bonds is 5. The van der Waals surface area contributed by atoms with Crippen molar-refractivity contribution in [3.05, 3.63) is 70.3 Å². The molecule has 0 aliphatic heterocycles. The Hall–Kier alpha value is -3.13. The molecule has 1 atom stereocenters. The van der Waals surface area contributed by atoms with Crippen LogP contribution in [0.4, 0.5) is 0 Å². The van der Waals surface area contributed by atoms with Crippen LogP contribution in [-0.2, 0) is 9.53 Å². The van der Waals surface area contributed by atoms with Gasteiger partial charge in [0.15, 0.2) is 6.61 Å². The molecule has 1 N–H and O–H groups in total. The fourth-order valence-corrected chi connectivity index (χ4v) is 2.33. The van der Waals surface area contributed by atoms with Gasteiger partial charge in [0.25, 0.3) is 5.91 Å². The molecule has 0 aliphatic rings. The van der Waals surface area contributed by atoms with Crippen LogP contribution in [0.2, 0.25) is 0 Å². The van der Waals surface area contributed by atoms with E-state index < -0.39 is 5.97 Å². The Labute approximate surface area is 147 Å². The maximum atomic E-state index is 12.0. The smallest absolute Gasteiger partial charge is 0.338 e. The average molecular weight is 336 g/mol. The molecule has 2 aromatic rings. The minimum atomic E-state index is -0.633. The van der Waals surface area contributed by atoms with Crippen LogP contribution in [0.15, 0.2) is 42.5 Å². The van der Waals surface area contributed by atoms with Crippen LogP contribution in [0.5, 0.6) is 0 Å².